The Labute approximate surface area is 125 Å². The number of piperazine rings is 1. The van der Waals surface area contributed by atoms with Gasteiger partial charge in [-0.1, -0.05) is 6.92 Å². The van der Waals surface area contributed by atoms with Crippen LogP contribution in [0.25, 0.3) is 0 Å². The van der Waals surface area contributed by atoms with Gasteiger partial charge >= 0.3 is 0 Å². The molecule has 3 nitrogen and oxygen atoms in total. The molecule has 1 aliphatic heterocycles. The highest BCUT2D eigenvalue weighted by Crippen LogP contribution is 2.28. The van der Waals surface area contributed by atoms with Crippen molar-refractivity contribution in [2.75, 3.05) is 38.1 Å². The van der Waals surface area contributed by atoms with Crippen LogP contribution < -0.4 is 10.2 Å². The van der Waals surface area contributed by atoms with E-state index in [0.717, 1.165) is 26.1 Å². The van der Waals surface area contributed by atoms with Gasteiger partial charge in [0, 0.05) is 32.2 Å². The molecule has 1 atom stereocenters. The summed E-state index contributed by atoms with van der Waals surface area (Å²) in [7, 11) is 2.03. The van der Waals surface area contributed by atoms with Crippen LogP contribution in [0.4, 0.5) is 14.5 Å². The molecule has 0 saturated carbocycles. The first-order valence-corrected chi connectivity index (χ1v) is 7.66. The Kier molecular flexibility index (Phi) is 5.53. The Morgan fingerprint density at radius 1 is 1.24 bits per heavy atom. The number of halogens is 2. The van der Waals surface area contributed by atoms with Gasteiger partial charge in [-0.05, 0) is 44.6 Å². The van der Waals surface area contributed by atoms with Crippen LogP contribution in [0.1, 0.15) is 25.8 Å². The molecule has 1 N–H and O–H groups in total. The molecular weight excluding hydrogens is 272 g/mol. The van der Waals surface area contributed by atoms with Crippen LogP contribution in [0.15, 0.2) is 12.1 Å². The molecule has 1 aliphatic rings. The standard InChI is InChI=1S/C16H25F2N3/c1-4-5-19-10-13-8-14(17)16(15(18)9-13)21-7-6-20(3)11-12(21)2/h8-9,12,19H,4-7,10-11H2,1-3H3. The first-order chi connectivity index (χ1) is 10.0. The molecular formula is C16H25F2N3. The van der Waals surface area contributed by atoms with Crippen LogP contribution in [-0.2, 0) is 6.54 Å². The molecule has 1 fully saturated rings. The maximum Gasteiger partial charge on any atom is 0.149 e. The summed E-state index contributed by atoms with van der Waals surface area (Å²) in [6.07, 6.45) is 1.00. The minimum atomic E-state index is -0.459. The quantitative estimate of drug-likeness (QED) is 0.843. The zero-order valence-electron chi connectivity index (χ0n) is 13.1. The molecule has 1 aromatic carbocycles. The van der Waals surface area contributed by atoms with Crippen LogP contribution in [-0.4, -0.2) is 44.2 Å². The molecule has 0 radical (unpaired) electrons. The summed E-state index contributed by atoms with van der Waals surface area (Å²) in [5.74, 6) is -0.917. The van der Waals surface area contributed by atoms with Gasteiger partial charge in [0.05, 0.1) is 0 Å². The van der Waals surface area contributed by atoms with Gasteiger partial charge in [-0.15, -0.1) is 0 Å². The number of hydrogen-bond donors (Lipinski definition) is 1. The Morgan fingerprint density at radius 3 is 2.48 bits per heavy atom. The topological polar surface area (TPSA) is 18.5 Å². The number of nitrogens with one attached hydrogen (secondary N) is 1. The van der Waals surface area contributed by atoms with Crippen molar-refractivity contribution >= 4 is 5.69 Å². The second kappa shape index (κ2) is 7.18. The molecule has 1 unspecified atom stereocenters. The lowest BCUT2D eigenvalue weighted by Gasteiger charge is -2.40. The smallest absolute Gasteiger partial charge is 0.149 e. The molecule has 2 rings (SSSR count). The zero-order chi connectivity index (χ0) is 15.4. The third-order valence-electron chi connectivity index (χ3n) is 3.95. The number of benzene rings is 1. The van der Waals surface area contributed by atoms with Gasteiger partial charge in [-0.25, -0.2) is 8.78 Å². The number of hydrogen-bond acceptors (Lipinski definition) is 3. The fraction of sp³-hybridized carbons (Fsp3) is 0.625. The lowest BCUT2D eigenvalue weighted by Crippen LogP contribution is -2.51. The predicted octanol–water partition coefficient (Wildman–Crippen LogP) is 2.60. The van der Waals surface area contributed by atoms with Gasteiger partial charge in [0.1, 0.15) is 17.3 Å². The summed E-state index contributed by atoms with van der Waals surface area (Å²) in [6, 6.07) is 3.01. The maximum absolute atomic E-state index is 14.4. The third-order valence-corrected chi connectivity index (χ3v) is 3.95. The van der Waals surface area contributed by atoms with Crippen LogP contribution in [0.2, 0.25) is 0 Å². The van der Waals surface area contributed by atoms with Crippen molar-refractivity contribution in [2.24, 2.45) is 0 Å². The van der Waals surface area contributed by atoms with Gasteiger partial charge in [-0.2, -0.15) is 0 Å². The molecule has 118 valence electrons. The summed E-state index contributed by atoms with van der Waals surface area (Å²) in [6.45, 7) is 7.71. The summed E-state index contributed by atoms with van der Waals surface area (Å²) in [5, 5.41) is 3.17. The molecule has 1 saturated heterocycles. The highest BCUT2D eigenvalue weighted by atomic mass is 19.1. The molecule has 1 heterocycles. The first kappa shape index (κ1) is 16.2. The van der Waals surface area contributed by atoms with Gasteiger partial charge in [0.25, 0.3) is 0 Å². The summed E-state index contributed by atoms with van der Waals surface area (Å²) in [5.41, 5.74) is 0.777. The third kappa shape index (κ3) is 3.92. The number of rotatable bonds is 5. The molecule has 0 amide bonds. The van der Waals surface area contributed by atoms with E-state index in [2.05, 4.69) is 17.1 Å². The van der Waals surface area contributed by atoms with Crippen molar-refractivity contribution in [3.05, 3.63) is 29.3 Å². The van der Waals surface area contributed by atoms with Crippen LogP contribution >= 0.6 is 0 Å². The van der Waals surface area contributed by atoms with Crippen molar-refractivity contribution in [3.8, 4) is 0 Å². The molecule has 0 aromatic heterocycles. The van der Waals surface area contributed by atoms with Crippen molar-refractivity contribution in [1.82, 2.24) is 10.2 Å². The SMILES string of the molecule is CCCNCc1cc(F)c(N2CCN(C)CC2C)c(F)c1. The second-order valence-corrected chi connectivity index (χ2v) is 5.89. The van der Waals surface area contributed by atoms with E-state index < -0.39 is 11.6 Å². The predicted molar refractivity (Wildman–Crippen MR) is 82.7 cm³/mol. The Bertz CT molecular complexity index is 456. The van der Waals surface area contributed by atoms with Crippen LogP contribution in [0.3, 0.4) is 0 Å². The average Bonchev–Trinajstić information content (AvgIpc) is 2.41. The molecule has 0 bridgehead atoms. The molecule has 0 spiro atoms. The lowest BCUT2D eigenvalue weighted by atomic mass is 10.1. The van der Waals surface area contributed by atoms with Crippen molar-refractivity contribution in [1.29, 1.82) is 0 Å². The molecule has 1 aromatic rings. The Hall–Kier alpha value is -1.20. The van der Waals surface area contributed by atoms with E-state index in [9.17, 15) is 8.78 Å². The normalized spacial score (nSPS) is 20.0. The van der Waals surface area contributed by atoms with Gasteiger partial charge in [0.2, 0.25) is 0 Å². The van der Waals surface area contributed by atoms with E-state index in [1.165, 1.54) is 12.1 Å². The Balaban J connectivity index is 2.16. The first-order valence-electron chi connectivity index (χ1n) is 7.66. The Morgan fingerprint density at radius 2 is 1.90 bits per heavy atom. The highest BCUT2D eigenvalue weighted by molar-refractivity contribution is 5.52. The van der Waals surface area contributed by atoms with Gasteiger partial charge in [-0.3, -0.25) is 0 Å². The van der Waals surface area contributed by atoms with E-state index in [4.69, 9.17) is 0 Å². The summed E-state index contributed by atoms with van der Waals surface area (Å²) in [4.78, 5) is 4.02. The zero-order valence-corrected chi connectivity index (χ0v) is 13.1. The van der Waals surface area contributed by atoms with Crippen molar-refractivity contribution in [2.45, 2.75) is 32.9 Å². The van der Waals surface area contributed by atoms with E-state index in [0.29, 0.717) is 18.7 Å². The summed E-state index contributed by atoms with van der Waals surface area (Å²) < 4.78 is 28.7. The van der Waals surface area contributed by atoms with Crippen LogP contribution in [0, 0.1) is 11.6 Å². The average molecular weight is 297 g/mol. The number of nitrogens with zero attached hydrogens (tertiary/aromatic N) is 2. The van der Waals surface area contributed by atoms with Crippen molar-refractivity contribution < 1.29 is 8.78 Å². The van der Waals surface area contributed by atoms with Gasteiger partial charge in [0.15, 0.2) is 0 Å². The molecule has 5 heteroatoms. The van der Waals surface area contributed by atoms with Crippen LogP contribution in [0.5, 0.6) is 0 Å². The molecule has 21 heavy (non-hydrogen) atoms. The number of anilines is 1. The fourth-order valence-electron chi connectivity index (χ4n) is 2.88. The minimum Gasteiger partial charge on any atom is -0.362 e. The van der Waals surface area contributed by atoms with Gasteiger partial charge < -0.3 is 15.1 Å². The second-order valence-electron chi connectivity index (χ2n) is 5.89. The van der Waals surface area contributed by atoms with E-state index >= 15 is 0 Å². The fourth-order valence-corrected chi connectivity index (χ4v) is 2.88. The highest BCUT2D eigenvalue weighted by Gasteiger charge is 2.26. The summed E-state index contributed by atoms with van der Waals surface area (Å²) >= 11 is 0. The molecule has 0 aliphatic carbocycles. The lowest BCUT2D eigenvalue weighted by molar-refractivity contribution is 0.273. The monoisotopic (exact) mass is 297 g/mol. The largest absolute Gasteiger partial charge is 0.362 e. The minimum absolute atomic E-state index is 0.108. The van der Waals surface area contributed by atoms with E-state index in [-0.39, 0.29) is 11.7 Å². The van der Waals surface area contributed by atoms with Crippen molar-refractivity contribution in [3.63, 3.8) is 0 Å². The number of likely N-dealkylation sites (N-methyl/N-ethyl adjacent to an activating group) is 1. The van der Waals surface area contributed by atoms with E-state index in [1.807, 2.05) is 18.9 Å². The maximum atomic E-state index is 14.4. The van der Waals surface area contributed by atoms with E-state index in [1.54, 1.807) is 0 Å².